The fourth-order valence-electron chi connectivity index (χ4n) is 1.76. The molecular weight excluding hydrogens is 240 g/mol. The first-order chi connectivity index (χ1) is 9.15. The lowest BCUT2D eigenvalue weighted by Gasteiger charge is -2.10. The Hall–Kier alpha value is -1.36. The number of hydrogen-bond acceptors (Lipinski definition) is 5. The minimum absolute atomic E-state index is 0.283. The zero-order valence-electron chi connectivity index (χ0n) is 11.9. The summed E-state index contributed by atoms with van der Waals surface area (Å²) in [6, 6.07) is 1.77. The standard InChI is InChI=1S/C14H24N4O/c1-10(2)14-17-12(15)8-13(18-14)16-6-3-7-19-9-11-4-5-11/h8,10-11H,3-7,9H2,1-2H3,(H3,15,16,17,18). The highest BCUT2D eigenvalue weighted by molar-refractivity contribution is 5.44. The summed E-state index contributed by atoms with van der Waals surface area (Å²) in [7, 11) is 0. The summed E-state index contributed by atoms with van der Waals surface area (Å²) in [6.45, 7) is 6.70. The number of nitrogens with zero attached hydrogens (tertiary/aromatic N) is 2. The van der Waals surface area contributed by atoms with E-state index < -0.39 is 0 Å². The summed E-state index contributed by atoms with van der Waals surface area (Å²) in [4.78, 5) is 8.67. The lowest BCUT2D eigenvalue weighted by Crippen LogP contribution is -2.10. The van der Waals surface area contributed by atoms with Gasteiger partial charge in [0, 0.05) is 31.7 Å². The van der Waals surface area contributed by atoms with Crippen molar-refractivity contribution >= 4 is 11.6 Å². The van der Waals surface area contributed by atoms with Gasteiger partial charge in [-0.3, -0.25) is 0 Å². The Kier molecular flexibility index (Phi) is 4.96. The van der Waals surface area contributed by atoms with Gasteiger partial charge in [0.05, 0.1) is 0 Å². The molecule has 0 spiro atoms. The number of hydrogen-bond donors (Lipinski definition) is 2. The predicted octanol–water partition coefficient (Wildman–Crippen LogP) is 2.41. The summed E-state index contributed by atoms with van der Waals surface area (Å²) >= 11 is 0. The summed E-state index contributed by atoms with van der Waals surface area (Å²) in [6.07, 6.45) is 3.67. The lowest BCUT2D eigenvalue weighted by molar-refractivity contribution is 0.124. The Morgan fingerprint density at radius 3 is 2.89 bits per heavy atom. The van der Waals surface area contributed by atoms with Crippen LogP contribution in [0.2, 0.25) is 0 Å². The quantitative estimate of drug-likeness (QED) is 0.705. The maximum absolute atomic E-state index is 5.77. The number of aromatic nitrogens is 2. The monoisotopic (exact) mass is 264 g/mol. The Morgan fingerprint density at radius 1 is 1.42 bits per heavy atom. The van der Waals surface area contributed by atoms with Crippen LogP contribution in [0.4, 0.5) is 11.6 Å². The van der Waals surface area contributed by atoms with Gasteiger partial charge in [0.1, 0.15) is 17.5 Å². The first-order valence-corrected chi connectivity index (χ1v) is 7.11. The zero-order valence-corrected chi connectivity index (χ0v) is 11.9. The van der Waals surface area contributed by atoms with Crippen LogP contribution in [0.15, 0.2) is 6.07 Å². The molecular formula is C14H24N4O. The maximum atomic E-state index is 5.77. The molecule has 0 bridgehead atoms. The van der Waals surface area contributed by atoms with Crippen LogP contribution in [0.3, 0.4) is 0 Å². The fraction of sp³-hybridized carbons (Fsp3) is 0.714. The van der Waals surface area contributed by atoms with Crippen molar-refractivity contribution in [1.29, 1.82) is 0 Å². The molecule has 1 aromatic rings. The van der Waals surface area contributed by atoms with E-state index in [9.17, 15) is 0 Å². The van der Waals surface area contributed by atoms with Gasteiger partial charge >= 0.3 is 0 Å². The van der Waals surface area contributed by atoms with Gasteiger partial charge in [0.2, 0.25) is 0 Å². The average Bonchev–Trinajstić information content (AvgIpc) is 3.17. The van der Waals surface area contributed by atoms with Gasteiger partial charge in [-0.25, -0.2) is 9.97 Å². The first-order valence-electron chi connectivity index (χ1n) is 7.11. The number of nitrogens with one attached hydrogen (secondary N) is 1. The molecule has 0 unspecified atom stereocenters. The van der Waals surface area contributed by atoms with Crippen LogP contribution >= 0.6 is 0 Å². The minimum Gasteiger partial charge on any atom is -0.384 e. The van der Waals surface area contributed by atoms with Crippen LogP contribution in [0.25, 0.3) is 0 Å². The van der Waals surface area contributed by atoms with E-state index in [1.54, 1.807) is 6.07 Å². The van der Waals surface area contributed by atoms with E-state index in [1.165, 1.54) is 12.8 Å². The highest BCUT2D eigenvalue weighted by Gasteiger charge is 2.20. The Balaban J connectivity index is 1.69. The van der Waals surface area contributed by atoms with Crippen LogP contribution in [0, 0.1) is 5.92 Å². The fourth-order valence-corrected chi connectivity index (χ4v) is 1.76. The Morgan fingerprint density at radius 2 is 2.21 bits per heavy atom. The summed E-state index contributed by atoms with van der Waals surface area (Å²) in [5.74, 6) is 3.23. The topological polar surface area (TPSA) is 73.1 Å². The molecule has 5 heteroatoms. The van der Waals surface area contributed by atoms with Gasteiger partial charge in [0.25, 0.3) is 0 Å². The Bertz CT molecular complexity index is 404. The number of ether oxygens (including phenoxy) is 1. The summed E-state index contributed by atoms with van der Waals surface area (Å²) in [5, 5.41) is 3.27. The van der Waals surface area contributed by atoms with E-state index in [4.69, 9.17) is 10.5 Å². The SMILES string of the molecule is CC(C)c1nc(N)cc(NCCCOCC2CC2)n1. The molecule has 5 nitrogen and oxygen atoms in total. The first kappa shape index (κ1) is 14.1. The number of nitrogen functional groups attached to an aromatic ring is 1. The van der Waals surface area contributed by atoms with Crippen LogP contribution in [0.1, 0.15) is 44.9 Å². The van der Waals surface area contributed by atoms with Crippen molar-refractivity contribution in [2.75, 3.05) is 30.8 Å². The van der Waals surface area contributed by atoms with Crippen molar-refractivity contribution in [1.82, 2.24) is 9.97 Å². The Labute approximate surface area is 115 Å². The number of rotatable bonds is 8. The van der Waals surface area contributed by atoms with Gasteiger partial charge in [-0.15, -0.1) is 0 Å². The highest BCUT2D eigenvalue weighted by atomic mass is 16.5. The molecule has 1 saturated carbocycles. The van der Waals surface area contributed by atoms with E-state index in [1.807, 2.05) is 0 Å². The molecule has 0 atom stereocenters. The van der Waals surface area contributed by atoms with E-state index >= 15 is 0 Å². The number of nitrogens with two attached hydrogens (primary N) is 1. The van der Waals surface area contributed by atoms with E-state index in [0.717, 1.165) is 43.7 Å². The zero-order chi connectivity index (χ0) is 13.7. The third-order valence-electron chi connectivity index (χ3n) is 3.10. The maximum Gasteiger partial charge on any atom is 0.135 e. The molecule has 1 fully saturated rings. The van der Waals surface area contributed by atoms with Gasteiger partial charge in [-0.1, -0.05) is 13.8 Å². The van der Waals surface area contributed by atoms with E-state index in [-0.39, 0.29) is 5.92 Å². The van der Waals surface area contributed by atoms with Crippen LogP contribution < -0.4 is 11.1 Å². The average molecular weight is 264 g/mol. The smallest absolute Gasteiger partial charge is 0.135 e. The van der Waals surface area contributed by atoms with Crippen LogP contribution in [-0.4, -0.2) is 29.7 Å². The molecule has 0 amide bonds. The van der Waals surface area contributed by atoms with Crippen molar-refractivity contribution in [2.24, 2.45) is 5.92 Å². The molecule has 1 aromatic heterocycles. The molecule has 0 aromatic carbocycles. The summed E-state index contributed by atoms with van der Waals surface area (Å²) < 4.78 is 5.58. The van der Waals surface area contributed by atoms with E-state index in [2.05, 4.69) is 29.1 Å². The molecule has 1 aliphatic rings. The highest BCUT2D eigenvalue weighted by Crippen LogP contribution is 2.28. The second-order valence-corrected chi connectivity index (χ2v) is 5.49. The van der Waals surface area contributed by atoms with Gasteiger partial charge < -0.3 is 15.8 Å². The third kappa shape index (κ3) is 5.03. The predicted molar refractivity (Wildman–Crippen MR) is 77.2 cm³/mol. The largest absolute Gasteiger partial charge is 0.384 e. The van der Waals surface area contributed by atoms with Crippen molar-refractivity contribution in [3.05, 3.63) is 11.9 Å². The number of anilines is 2. The normalized spacial score (nSPS) is 14.9. The second-order valence-electron chi connectivity index (χ2n) is 5.49. The van der Waals surface area contributed by atoms with Gasteiger partial charge in [-0.2, -0.15) is 0 Å². The van der Waals surface area contributed by atoms with Crippen molar-refractivity contribution in [3.8, 4) is 0 Å². The molecule has 0 saturated heterocycles. The van der Waals surface area contributed by atoms with Crippen molar-refractivity contribution in [3.63, 3.8) is 0 Å². The molecule has 0 radical (unpaired) electrons. The molecule has 19 heavy (non-hydrogen) atoms. The third-order valence-corrected chi connectivity index (χ3v) is 3.10. The summed E-state index contributed by atoms with van der Waals surface area (Å²) in [5.41, 5.74) is 5.77. The molecule has 1 aliphatic carbocycles. The van der Waals surface area contributed by atoms with Gasteiger partial charge in [-0.05, 0) is 25.2 Å². The molecule has 1 heterocycles. The van der Waals surface area contributed by atoms with Crippen molar-refractivity contribution < 1.29 is 4.74 Å². The van der Waals surface area contributed by atoms with Crippen LogP contribution in [-0.2, 0) is 4.74 Å². The van der Waals surface area contributed by atoms with Crippen molar-refractivity contribution in [2.45, 2.75) is 39.0 Å². The lowest BCUT2D eigenvalue weighted by atomic mass is 10.2. The molecule has 106 valence electrons. The molecule has 3 N–H and O–H groups in total. The molecule has 0 aliphatic heterocycles. The van der Waals surface area contributed by atoms with Crippen LogP contribution in [0.5, 0.6) is 0 Å². The molecule has 2 rings (SSSR count). The van der Waals surface area contributed by atoms with Gasteiger partial charge in [0.15, 0.2) is 0 Å². The second kappa shape index (κ2) is 6.70. The van der Waals surface area contributed by atoms with E-state index in [0.29, 0.717) is 5.82 Å². The minimum atomic E-state index is 0.283.